The summed E-state index contributed by atoms with van der Waals surface area (Å²) in [5.74, 6) is -1.67. The molecule has 0 bridgehead atoms. The molecule has 0 aromatic heterocycles. The second-order valence-corrected chi connectivity index (χ2v) is 10.1. The molecule has 4 nitrogen and oxygen atoms in total. The highest BCUT2D eigenvalue weighted by atomic mass is 16.4. The van der Waals surface area contributed by atoms with Crippen molar-refractivity contribution in [1.29, 1.82) is 0 Å². The highest BCUT2D eigenvalue weighted by Gasteiger charge is 2.38. The van der Waals surface area contributed by atoms with E-state index in [1.165, 1.54) is 0 Å². The van der Waals surface area contributed by atoms with Crippen LogP contribution in [0.3, 0.4) is 0 Å². The number of rotatable bonds is 12. The standard InChI is InChI=1S/C32H38O4/c1-5-7-21-31(3,29(33)34)27-19-13-11-17-25(27)23-15-9-10-16-24(23)26-18-12-14-20-28(26)32(4,30(35)36)22-8-6-2/h9-20H,5-8,21-22H2,1-4H3,(H,33,34)(H,35,36). The van der Waals surface area contributed by atoms with E-state index in [1.807, 2.05) is 86.6 Å². The number of hydrogen-bond acceptors (Lipinski definition) is 2. The quantitative estimate of drug-likeness (QED) is 0.271. The smallest absolute Gasteiger partial charge is 0.313 e. The second-order valence-electron chi connectivity index (χ2n) is 10.1. The first-order valence-electron chi connectivity index (χ1n) is 13.0. The molecule has 3 rings (SSSR count). The lowest BCUT2D eigenvalue weighted by Gasteiger charge is -2.30. The average molecular weight is 487 g/mol. The molecule has 0 aliphatic rings. The van der Waals surface area contributed by atoms with Crippen molar-refractivity contribution in [2.75, 3.05) is 0 Å². The number of aliphatic carboxylic acids is 2. The normalized spacial score (nSPS) is 14.6. The van der Waals surface area contributed by atoms with Gasteiger partial charge in [-0.3, -0.25) is 9.59 Å². The fourth-order valence-electron chi connectivity index (χ4n) is 5.13. The minimum atomic E-state index is -1.03. The average Bonchev–Trinajstić information content (AvgIpc) is 2.90. The Labute approximate surface area is 215 Å². The van der Waals surface area contributed by atoms with Crippen molar-refractivity contribution >= 4 is 11.9 Å². The van der Waals surface area contributed by atoms with Crippen LogP contribution in [0.15, 0.2) is 72.8 Å². The van der Waals surface area contributed by atoms with Crippen LogP contribution in [0.4, 0.5) is 0 Å². The Kier molecular flexibility index (Phi) is 8.73. The van der Waals surface area contributed by atoms with Gasteiger partial charge in [0.05, 0.1) is 10.8 Å². The number of benzene rings is 3. The third-order valence-electron chi connectivity index (χ3n) is 7.56. The number of unbranched alkanes of at least 4 members (excludes halogenated alkanes) is 2. The molecular weight excluding hydrogens is 448 g/mol. The van der Waals surface area contributed by atoms with Crippen LogP contribution >= 0.6 is 0 Å². The summed E-state index contributed by atoms with van der Waals surface area (Å²) < 4.78 is 0. The van der Waals surface area contributed by atoms with Gasteiger partial charge in [0.2, 0.25) is 0 Å². The molecule has 0 aliphatic heterocycles. The van der Waals surface area contributed by atoms with Crippen LogP contribution < -0.4 is 0 Å². The Morgan fingerprint density at radius 3 is 1.19 bits per heavy atom. The van der Waals surface area contributed by atoms with Crippen molar-refractivity contribution in [3.05, 3.63) is 83.9 Å². The van der Waals surface area contributed by atoms with Crippen LogP contribution in [0.1, 0.15) is 77.3 Å². The molecular formula is C32H38O4. The van der Waals surface area contributed by atoms with Crippen LogP contribution in [-0.4, -0.2) is 22.2 Å². The van der Waals surface area contributed by atoms with Crippen LogP contribution in [0, 0.1) is 0 Å². The Hall–Kier alpha value is -3.40. The van der Waals surface area contributed by atoms with E-state index in [0.29, 0.717) is 12.8 Å². The van der Waals surface area contributed by atoms with E-state index >= 15 is 0 Å². The fraction of sp³-hybridized carbons (Fsp3) is 0.375. The van der Waals surface area contributed by atoms with Crippen LogP contribution in [0.25, 0.3) is 22.3 Å². The van der Waals surface area contributed by atoms with E-state index in [9.17, 15) is 19.8 Å². The highest BCUT2D eigenvalue weighted by Crippen LogP contribution is 2.44. The zero-order valence-electron chi connectivity index (χ0n) is 21.9. The summed E-state index contributed by atoms with van der Waals surface area (Å²) in [6.45, 7) is 7.76. The van der Waals surface area contributed by atoms with E-state index in [2.05, 4.69) is 13.8 Å². The maximum absolute atomic E-state index is 12.6. The summed E-state index contributed by atoms with van der Waals surface area (Å²) in [6.07, 6.45) is 4.55. The molecule has 0 aliphatic carbocycles. The van der Waals surface area contributed by atoms with Crippen LogP contribution in [-0.2, 0) is 20.4 Å². The molecule has 36 heavy (non-hydrogen) atoms. The van der Waals surface area contributed by atoms with Gasteiger partial charge in [0, 0.05) is 0 Å². The predicted molar refractivity (Wildman–Crippen MR) is 146 cm³/mol. The molecule has 0 heterocycles. The molecule has 0 amide bonds. The fourth-order valence-corrected chi connectivity index (χ4v) is 5.13. The van der Waals surface area contributed by atoms with Crippen LogP contribution in [0.5, 0.6) is 0 Å². The third kappa shape index (κ3) is 5.23. The summed E-state index contributed by atoms with van der Waals surface area (Å²) in [4.78, 5) is 25.1. The molecule has 3 aromatic carbocycles. The molecule has 190 valence electrons. The third-order valence-corrected chi connectivity index (χ3v) is 7.56. The SMILES string of the molecule is CCCCC(C)(C(=O)O)c1ccccc1-c1ccccc1-c1ccccc1C(C)(CCCC)C(=O)O. The Morgan fingerprint density at radius 1 is 0.583 bits per heavy atom. The van der Waals surface area contributed by atoms with Crippen molar-refractivity contribution in [1.82, 2.24) is 0 Å². The molecule has 0 saturated carbocycles. The van der Waals surface area contributed by atoms with Gasteiger partial charge < -0.3 is 10.2 Å². The number of carboxylic acids is 2. The van der Waals surface area contributed by atoms with Gasteiger partial charge in [-0.1, -0.05) is 112 Å². The van der Waals surface area contributed by atoms with Crippen molar-refractivity contribution in [2.45, 2.75) is 77.0 Å². The first-order valence-corrected chi connectivity index (χ1v) is 13.0. The number of carbonyl (C=O) groups is 2. The van der Waals surface area contributed by atoms with E-state index < -0.39 is 22.8 Å². The summed E-state index contributed by atoms with van der Waals surface area (Å²) in [6, 6.07) is 23.4. The minimum absolute atomic E-state index is 0.544. The van der Waals surface area contributed by atoms with E-state index in [0.717, 1.165) is 59.1 Å². The molecule has 0 spiro atoms. The highest BCUT2D eigenvalue weighted by molar-refractivity contribution is 5.92. The monoisotopic (exact) mass is 486 g/mol. The molecule has 0 radical (unpaired) electrons. The van der Waals surface area contributed by atoms with Gasteiger partial charge in [-0.05, 0) is 60.1 Å². The Bertz CT molecular complexity index is 1120. The Morgan fingerprint density at radius 2 is 0.889 bits per heavy atom. The lowest BCUT2D eigenvalue weighted by molar-refractivity contribution is -0.144. The summed E-state index contributed by atoms with van der Waals surface area (Å²) in [5.41, 5.74) is 3.06. The molecule has 2 unspecified atom stereocenters. The topological polar surface area (TPSA) is 74.6 Å². The molecule has 2 N–H and O–H groups in total. The molecule has 0 fully saturated rings. The lowest BCUT2D eigenvalue weighted by Crippen LogP contribution is -2.33. The van der Waals surface area contributed by atoms with Gasteiger partial charge >= 0.3 is 11.9 Å². The molecule has 2 atom stereocenters. The number of carboxylic acid groups (broad SMARTS) is 2. The predicted octanol–water partition coefficient (Wildman–Crippen LogP) is 8.09. The first-order chi connectivity index (χ1) is 17.2. The maximum atomic E-state index is 12.6. The molecule has 0 saturated heterocycles. The first kappa shape index (κ1) is 27.2. The summed E-state index contributed by atoms with van der Waals surface area (Å²) in [7, 11) is 0. The van der Waals surface area contributed by atoms with Crippen molar-refractivity contribution in [3.63, 3.8) is 0 Å². The number of hydrogen-bond donors (Lipinski definition) is 2. The van der Waals surface area contributed by atoms with Crippen molar-refractivity contribution < 1.29 is 19.8 Å². The molecule has 3 aromatic rings. The summed E-state index contributed by atoms with van der Waals surface area (Å²) in [5, 5.41) is 20.6. The van der Waals surface area contributed by atoms with Crippen molar-refractivity contribution in [3.8, 4) is 22.3 Å². The Balaban J connectivity index is 2.28. The van der Waals surface area contributed by atoms with Crippen molar-refractivity contribution in [2.24, 2.45) is 0 Å². The van der Waals surface area contributed by atoms with Gasteiger partial charge in [0.15, 0.2) is 0 Å². The largest absolute Gasteiger partial charge is 0.481 e. The van der Waals surface area contributed by atoms with Gasteiger partial charge in [0.1, 0.15) is 0 Å². The van der Waals surface area contributed by atoms with Gasteiger partial charge in [0.25, 0.3) is 0 Å². The summed E-state index contributed by atoms with van der Waals surface area (Å²) >= 11 is 0. The van der Waals surface area contributed by atoms with E-state index in [-0.39, 0.29) is 0 Å². The second kappa shape index (κ2) is 11.6. The molecule has 4 heteroatoms. The van der Waals surface area contributed by atoms with Crippen LogP contribution in [0.2, 0.25) is 0 Å². The zero-order valence-corrected chi connectivity index (χ0v) is 21.9. The zero-order chi connectivity index (χ0) is 26.3. The lowest BCUT2D eigenvalue weighted by atomic mass is 9.72. The van der Waals surface area contributed by atoms with E-state index in [1.54, 1.807) is 0 Å². The minimum Gasteiger partial charge on any atom is -0.481 e. The van der Waals surface area contributed by atoms with Gasteiger partial charge in [-0.2, -0.15) is 0 Å². The van der Waals surface area contributed by atoms with Gasteiger partial charge in [-0.15, -0.1) is 0 Å². The maximum Gasteiger partial charge on any atom is 0.313 e. The van der Waals surface area contributed by atoms with Gasteiger partial charge in [-0.25, -0.2) is 0 Å². The van der Waals surface area contributed by atoms with E-state index in [4.69, 9.17) is 0 Å².